The van der Waals surface area contributed by atoms with Gasteiger partial charge in [0.25, 0.3) is 10.0 Å². The van der Waals surface area contributed by atoms with E-state index in [1.807, 2.05) is 0 Å². The third-order valence-corrected chi connectivity index (χ3v) is 3.39. The van der Waals surface area contributed by atoms with Crippen LogP contribution in [0.2, 0.25) is 0 Å². The molecule has 0 bridgehead atoms. The average molecular weight is 257 g/mol. The number of sulfonamides is 1. The van der Waals surface area contributed by atoms with E-state index in [0.717, 1.165) is 0 Å². The van der Waals surface area contributed by atoms with Crippen LogP contribution in [0, 0.1) is 0 Å². The lowest BCUT2D eigenvalue weighted by molar-refractivity contribution is 0.600. The zero-order valence-corrected chi connectivity index (χ0v) is 10.0. The van der Waals surface area contributed by atoms with Gasteiger partial charge in [-0.05, 0) is 0 Å². The molecule has 2 aromatic heterocycles. The quantitative estimate of drug-likeness (QED) is 0.722. The summed E-state index contributed by atoms with van der Waals surface area (Å²) in [6.07, 6.45) is 2.55. The summed E-state index contributed by atoms with van der Waals surface area (Å²) in [5.74, 6) is 0.0374. The SMILES string of the molecule is Cn1cc(S(=O)(=O)Nc2ncnn2C)c(N)n1. The molecule has 0 saturated carbocycles. The third kappa shape index (κ3) is 2.06. The molecule has 10 heteroatoms. The molecule has 9 nitrogen and oxygen atoms in total. The lowest BCUT2D eigenvalue weighted by Gasteiger charge is -2.04. The Morgan fingerprint density at radius 1 is 1.41 bits per heavy atom. The van der Waals surface area contributed by atoms with Crippen LogP contribution in [0.15, 0.2) is 17.4 Å². The van der Waals surface area contributed by atoms with E-state index in [9.17, 15) is 8.42 Å². The number of aromatic nitrogens is 5. The number of rotatable bonds is 3. The van der Waals surface area contributed by atoms with Gasteiger partial charge in [-0.1, -0.05) is 0 Å². The Bertz CT molecular complexity index is 641. The van der Waals surface area contributed by atoms with E-state index in [1.54, 1.807) is 14.1 Å². The number of hydrogen-bond donors (Lipinski definition) is 2. The third-order valence-electron chi connectivity index (χ3n) is 2.05. The lowest BCUT2D eigenvalue weighted by Crippen LogP contribution is -2.16. The van der Waals surface area contributed by atoms with Crippen LogP contribution >= 0.6 is 0 Å². The van der Waals surface area contributed by atoms with Gasteiger partial charge in [0.1, 0.15) is 11.2 Å². The van der Waals surface area contributed by atoms with Gasteiger partial charge in [0.2, 0.25) is 5.95 Å². The van der Waals surface area contributed by atoms with E-state index in [4.69, 9.17) is 5.73 Å². The van der Waals surface area contributed by atoms with Crippen LogP contribution < -0.4 is 10.5 Å². The molecule has 0 aromatic carbocycles. The minimum atomic E-state index is -3.80. The van der Waals surface area contributed by atoms with Gasteiger partial charge in [0, 0.05) is 20.3 Å². The molecule has 92 valence electrons. The van der Waals surface area contributed by atoms with Crippen molar-refractivity contribution in [3.8, 4) is 0 Å². The van der Waals surface area contributed by atoms with Gasteiger partial charge in [0.15, 0.2) is 5.82 Å². The zero-order chi connectivity index (χ0) is 12.6. The van der Waals surface area contributed by atoms with Crippen LogP contribution in [-0.2, 0) is 24.1 Å². The van der Waals surface area contributed by atoms with Crippen molar-refractivity contribution < 1.29 is 8.42 Å². The first-order valence-corrected chi connectivity index (χ1v) is 6.04. The highest BCUT2D eigenvalue weighted by Gasteiger charge is 2.22. The summed E-state index contributed by atoms with van der Waals surface area (Å²) in [5, 5.41) is 7.51. The Hall–Kier alpha value is -2.10. The maximum absolute atomic E-state index is 12.0. The number of nitrogens with two attached hydrogens (primary N) is 1. The second-order valence-electron chi connectivity index (χ2n) is 3.37. The molecule has 2 heterocycles. The zero-order valence-electron chi connectivity index (χ0n) is 9.19. The van der Waals surface area contributed by atoms with Gasteiger partial charge in [0.05, 0.1) is 0 Å². The molecule has 0 amide bonds. The number of hydrogen-bond acceptors (Lipinski definition) is 6. The molecule has 2 rings (SSSR count). The Morgan fingerprint density at radius 2 is 2.12 bits per heavy atom. The lowest BCUT2D eigenvalue weighted by atomic mass is 10.7. The summed E-state index contributed by atoms with van der Waals surface area (Å²) < 4.78 is 28.8. The smallest absolute Gasteiger partial charge is 0.269 e. The van der Waals surface area contributed by atoms with Crippen molar-refractivity contribution in [1.82, 2.24) is 24.5 Å². The number of anilines is 2. The minimum absolute atomic E-state index is 0.0674. The molecule has 3 N–H and O–H groups in total. The van der Waals surface area contributed by atoms with E-state index in [1.165, 1.54) is 21.9 Å². The summed E-state index contributed by atoms with van der Waals surface area (Å²) >= 11 is 0. The molecule has 0 aliphatic rings. The Balaban J connectivity index is 2.38. The van der Waals surface area contributed by atoms with Gasteiger partial charge >= 0.3 is 0 Å². The van der Waals surface area contributed by atoms with Crippen LogP contribution in [0.1, 0.15) is 0 Å². The van der Waals surface area contributed by atoms with E-state index in [-0.39, 0.29) is 16.7 Å². The molecule has 2 aromatic rings. The van der Waals surface area contributed by atoms with Crippen molar-refractivity contribution in [2.45, 2.75) is 4.90 Å². The standard InChI is InChI=1S/C7H11N7O2S/c1-13-3-5(6(8)11-13)17(15,16)12-7-9-4-10-14(7)2/h3-4H,1-2H3,(H2,8,11)(H,9,10,12). The van der Waals surface area contributed by atoms with Crippen LogP contribution in [0.5, 0.6) is 0 Å². The minimum Gasteiger partial charge on any atom is -0.381 e. The summed E-state index contributed by atoms with van der Waals surface area (Å²) in [6.45, 7) is 0. The van der Waals surface area contributed by atoms with Crippen molar-refractivity contribution in [3.63, 3.8) is 0 Å². The Morgan fingerprint density at radius 3 is 2.59 bits per heavy atom. The normalized spacial score (nSPS) is 11.6. The van der Waals surface area contributed by atoms with E-state index < -0.39 is 10.0 Å². The topological polar surface area (TPSA) is 121 Å². The fourth-order valence-electron chi connectivity index (χ4n) is 1.25. The van der Waals surface area contributed by atoms with Gasteiger partial charge in [-0.15, -0.1) is 0 Å². The molecule has 0 radical (unpaired) electrons. The first kappa shape index (κ1) is 11.4. The maximum atomic E-state index is 12.0. The van der Waals surface area contributed by atoms with Gasteiger partial charge in [-0.3, -0.25) is 4.68 Å². The summed E-state index contributed by atoms with van der Waals surface area (Å²) in [4.78, 5) is 3.66. The van der Waals surface area contributed by atoms with Gasteiger partial charge in [-0.25, -0.2) is 17.8 Å². The molecular weight excluding hydrogens is 246 g/mol. The predicted molar refractivity (Wildman–Crippen MR) is 59.4 cm³/mol. The summed E-state index contributed by atoms with van der Waals surface area (Å²) in [7, 11) is -0.649. The first-order valence-electron chi connectivity index (χ1n) is 4.56. The van der Waals surface area contributed by atoms with Crippen LogP contribution in [0.3, 0.4) is 0 Å². The number of aryl methyl sites for hydroxylation is 2. The summed E-state index contributed by atoms with van der Waals surface area (Å²) in [6, 6.07) is 0. The molecular formula is C7H11N7O2S. The molecule has 0 spiro atoms. The number of nitrogens with one attached hydrogen (secondary N) is 1. The second-order valence-corrected chi connectivity index (χ2v) is 5.02. The molecule has 0 fully saturated rings. The molecule has 0 atom stereocenters. The van der Waals surface area contributed by atoms with Crippen molar-refractivity contribution in [1.29, 1.82) is 0 Å². The van der Waals surface area contributed by atoms with E-state index >= 15 is 0 Å². The molecule has 0 saturated heterocycles. The van der Waals surface area contributed by atoms with E-state index in [0.29, 0.717) is 0 Å². The predicted octanol–water partition coefficient (Wildman–Crippen LogP) is -1.07. The fourth-order valence-corrected chi connectivity index (χ4v) is 2.40. The molecule has 0 unspecified atom stereocenters. The maximum Gasteiger partial charge on any atom is 0.269 e. The largest absolute Gasteiger partial charge is 0.381 e. The highest BCUT2D eigenvalue weighted by Crippen LogP contribution is 2.18. The van der Waals surface area contributed by atoms with Crippen molar-refractivity contribution in [2.75, 3.05) is 10.5 Å². The van der Waals surface area contributed by atoms with Crippen LogP contribution in [0.25, 0.3) is 0 Å². The molecule has 0 aliphatic carbocycles. The van der Waals surface area contributed by atoms with Crippen LogP contribution in [0.4, 0.5) is 11.8 Å². The van der Waals surface area contributed by atoms with E-state index in [2.05, 4.69) is 19.9 Å². The second kappa shape index (κ2) is 3.73. The molecule has 0 aliphatic heterocycles. The first-order chi connectivity index (χ1) is 7.90. The highest BCUT2D eigenvalue weighted by molar-refractivity contribution is 7.92. The highest BCUT2D eigenvalue weighted by atomic mass is 32.2. The summed E-state index contributed by atoms with van der Waals surface area (Å²) in [5.41, 5.74) is 5.50. The number of nitrogen functional groups attached to an aromatic ring is 1. The van der Waals surface area contributed by atoms with Gasteiger partial charge < -0.3 is 5.73 Å². The molecule has 17 heavy (non-hydrogen) atoms. The van der Waals surface area contributed by atoms with Crippen LogP contribution in [-0.4, -0.2) is 33.0 Å². The Kier molecular flexibility index (Phi) is 2.50. The van der Waals surface area contributed by atoms with Crippen molar-refractivity contribution in [3.05, 3.63) is 12.5 Å². The Labute approximate surface area is 97.3 Å². The average Bonchev–Trinajstić information content (AvgIpc) is 2.74. The van der Waals surface area contributed by atoms with Crippen molar-refractivity contribution in [2.24, 2.45) is 14.1 Å². The van der Waals surface area contributed by atoms with Crippen molar-refractivity contribution >= 4 is 21.8 Å². The monoisotopic (exact) mass is 257 g/mol. The fraction of sp³-hybridized carbons (Fsp3) is 0.286. The van der Waals surface area contributed by atoms with Gasteiger partial charge in [-0.2, -0.15) is 15.2 Å². The number of nitrogens with zero attached hydrogens (tertiary/aromatic N) is 5.